The molecule has 0 aliphatic rings. The zero-order valence-electron chi connectivity index (χ0n) is 16.7. The van der Waals surface area contributed by atoms with Crippen LogP contribution in [0.3, 0.4) is 0 Å². The summed E-state index contributed by atoms with van der Waals surface area (Å²) in [6.07, 6.45) is -4.37. The van der Waals surface area contributed by atoms with Crippen LogP contribution >= 0.6 is 0 Å². The van der Waals surface area contributed by atoms with Gasteiger partial charge in [0.1, 0.15) is 11.5 Å². The molecule has 0 spiro atoms. The fraction of sp³-hybridized carbons (Fsp3) is 0.350. The summed E-state index contributed by atoms with van der Waals surface area (Å²) in [6, 6.07) is 11.4. The first-order chi connectivity index (χ1) is 14.5. The Balaban J connectivity index is 1.66. The van der Waals surface area contributed by atoms with Crippen molar-refractivity contribution in [3.8, 4) is 11.5 Å². The Morgan fingerprint density at radius 1 is 1.03 bits per heavy atom. The number of carbonyl (C=O) groups is 1. The molecule has 0 aliphatic carbocycles. The van der Waals surface area contributed by atoms with Crippen LogP contribution in [0.25, 0.3) is 0 Å². The van der Waals surface area contributed by atoms with E-state index in [-0.39, 0.29) is 23.8 Å². The van der Waals surface area contributed by atoms with Crippen molar-refractivity contribution in [2.75, 3.05) is 19.7 Å². The van der Waals surface area contributed by atoms with Crippen LogP contribution in [0.2, 0.25) is 0 Å². The number of rotatable bonds is 11. The molecule has 0 saturated carbocycles. The van der Waals surface area contributed by atoms with E-state index >= 15 is 0 Å². The fourth-order valence-corrected chi connectivity index (χ4v) is 3.52. The van der Waals surface area contributed by atoms with Gasteiger partial charge in [0.15, 0.2) is 0 Å². The van der Waals surface area contributed by atoms with E-state index < -0.39 is 22.1 Å². The molecule has 0 aromatic heterocycles. The molecule has 0 aliphatic heterocycles. The lowest BCUT2D eigenvalue weighted by molar-refractivity contribution is -0.274. The van der Waals surface area contributed by atoms with Crippen molar-refractivity contribution in [1.29, 1.82) is 0 Å². The van der Waals surface area contributed by atoms with Crippen molar-refractivity contribution in [1.82, 2.24) is 10.0 Å². The normalized spacial score (nSPS) is 11.7. The molecule has 2 aromatic rings. The van der Waals surface area contributed by atoms with Gasteiger partial charge in [0, 0.05) is 19.5 Å². The van der Waals surface area contributed by atoms with Gasteiger partial charge in [-0.05, 0) is 55.3 Å². The zero-order valence-corrected chi connectivity index (χ0v) is 17.6. The maximum atomic E-state index is 12.1. The second-order valence-electron chi connectivity index (χ2n) is 6.54. The summed E-state index contributed by atoms with van der Waals surface area (Å²) in [5.41, 5.74) is 1.08. The summed E-state index contributed by atoms with van der Waals surface area (Å²) in [5.74, 6) is -0.122. The highest BCUT2D eigenvalue weighted by atomic mass is 32.2. The fourth-order valence-electron chi connectivity index (χ4n) is 2.49. The van der Waals surface area contributed by atoms with Crippen molar-refractivity contribution in [3.63, 3.8) is 0 Å². The molecule has 31 heavy (non-hydrogen) atoms. The largest absolute Gasteiger partial charge is 0.573 e. The van der Waals surface area contributed by atoms with E-state index in [0.717, 1.165) is 35.6 Å². The Bertz CT molecular complexity index is 964. The van der Waals surface area contributed by atoms with Crippen LogP contribution in [-0.2, 0) is 14.8 Å². The number of halogens is 3. The van der Waals surface area contributed by atoms with Crippen molar-refractivity contribution >= 4 is 15.9 Å². The van der Waals surface area contributed by atoms with Crippen molar-refractivity contribution in [3.05, 3.63) is 54.1 Å². The third-order valence-electron chi connectivity index (χ3n) is 3.91. The number of hydrogen-bond donors (Lipinski definition) is 2. The minimum absolute atomic E-state index is 0.0900. The number of sulfonamides is 1. The first kappa shape index (κ1) is 24.5. The molecule has 0 radical (unpaired) electrons. The lowest BCUT2D eigenvalue weighted by Crippen LogP contribution is -2.31. The van der Waals surface area contributed by atoms with Gasteiger partial charge < -0.3 is 14.8 Å². The summed E-state index contributed by atoms with van der Waals surface area (Å²) < 4.78 is 72.2. The van der Waals surface area contributed by atoms with Crippen LogP contribution in [-0.4, -0.2) is 40.4 Å². The molecule has 1 amide bonds. The van der Waals surface area contributed by atoms with Gasteiger partial charge in [0.25, 0.3) is 0 Å². The first-order valence-electron chi connectivity index (χ1n) is 9.37. The van der Waals surface area contributed by atoms with Gasteiger partial charge in [-0.2, -0.15) is 0 Å². The van der Waals surface area contributed by atoms with Gasteiger partial charge in [-0.1, -0.05) is 12.1 Å². The summed E-state index contributed by atoms with van der Waals surface area (Å²) in [4.78, 5) is 11.6. The second-order valence-corrected chi connectivity index (χ2v) is 8.30. The molecule has 0 unspecified atom stereocenters. The summed E-state index contributed by atoms with van der Waals surface area (Å²) in [5, 5.41) is 2.66. The Kier molecular flexibility index (Phi) is 8.69. The third kappa shape index (κ3) is 9.26. The Hall–Kier alpha value is -2.79. The summed E-state index contributed by atoms with van der Waals surface area (Å²) >= 11 is 0. The van der Waals surface area contributed by atoms with Crippen LogP contribution in [0, 0.1) is 6.92 Å². The van der Waals surface area contributed by atoms with Crippen molar-refractivity contribution in [2.45, 2.75) is 31.0 Å². The highest BCUT2D eigenvalue weighted by molar-refractivity contribution is 7.89. The lowest BCUT2D eigenvalue weighted by atomic mass is 10.2. The molecular weight excluding hydrogens is 437 g/mol. The van der Waals surface area contributed by atoms with Crippen LogP contribution < -0.4 is 19.5 Å². The zero-order chi connectivity index (χ0) is 22.9. The number of ether oxygens (including phenoxy) is 2. The minimum Gasteiger partial charge on any atom is -0.494 e. The molecule has 170 valence electrons. The van der Waals surface area contributed by atoms with Crippen LogP contribution in [0.4, 0.5) is 13.2 Å². The van der Waals surface area contributed by atoms with E-state index in [1.165, 1.54) is 0 Å². The highest BCUT2D eigenvalue weighted by Gasteiger charge is 2.31. The van der Waals surface area contributed by atoms with E-state index in [1.54, 1.807) is 0 Å². The average molecular weight is 460 g/mol. The number of carbonyl (C=O) groups excluding carboxylic acids is 1. The number of alkyl halides is 3. The predicted octanol–water partition coefficient (Wildman–Crippen LogP) is 3.15. The Morgan fingerprint density at radius 2 is 1.74 bits per heavy atom. The molecule has 0 heterocycles. The number of benzene rings is 2. The first-order valence-corrected chi connectivity index (χ1v) is 10.9. The number of hydrogen-bond acceptors (Lipinski definition) is 5. The third-order valence-corrected chi connectivity index (χ3v) is 5.39. The number of nitrogens with one attached hydrogen (secondary N) is 2. The van der Waals surface area contributed by atoms with E-state index in [4.69, 9.17) is 4.74 Å². The number of aryl methyl sites for hydroxylation is 1. The maximum Gasteiger partial charge on any atom is 0.573 e. The predicted molar refractivity (Wildman–Crippen MR) is 107 cm³/mol. The average Bonchev–Trinajstić information content (AvgIpc) is 2.67. The molecule has 2 N–H and O–H groups in total. The van der Waals surface area contributed by atoms with Crippen LogP contribution in [0.1, 0.15) is 18.4 Å². The summed E-state index contributed by atoms with van der Waals surface area (Å²) in [7, 11) is -3.97. The lowest BCUT2D eigenvalue weighted by Gasteiger charge is -2.10. The topological polar surface area (TPSA) is 93.7 Å². The Morgan fingerprint density at radius 3 is 2.39 bits per heavy atom. The molecule has 0 atom stereocenters. The smallest absolute Gasteiger partial charge is 0.494 e. The van der Waals surface area contributed by atoms with E-state index in [9.17, 15) is 26.4 Å². The van der Waals surface area contributed by atoms with E-state index in [0.29, 0.717) is 19.6 Å². The van der Waals surface area contributed by atoms with E-state index in [2.05, 4.69) is 14.8 Å². The van der Waals surface area contributed by atoms with Crippen LogP contribution in [0.5, 0.6) is 11.5 Å². The Labute approximate surface area is 178 Å². The molecule has 0 saturated heterocycles. The second kappa shape index (κ2) is 11.0. The van der Waals surface area contributed by atoms with Crippen molar-refractivity contribution in [2.24, 2.45) is 0 Å². The monoisotopic (exact) mass is 460 g/mol. The molecule has 2 rings (SSSR count). The molecule has 11 heteroatoms. The SMILES string of the molecule is Cc1cccc(OCCCNC(=O)CCNS(=O)(=O)c2ccc(OC(F)(F)F)cc2)c1. The molecule has 0 fully saturated rings. The molecule has 7 nitrogen and oxygen atoms in total. The van der Waals surface area contributed by atoms with Crippen LogP contribution in [0.15, 0.2) is 53.4 Å². The summed E-state index contributed by atoms with van der Waals surface area (Å²) in [6.45, 7) is 2.59. The number of amides is 1. The highest BCUT2D eigenvalue weighted by Crippen LogP contribution is 2.23. The van der Waals surface area contributed by atoms with Gasteiger partial charge in [0.2, 0.25) is 15.9 Å². The quantitative estimate of drug-likeness (QED) is 0.503. The van der Waals surface area contributed by atoms with Gasteiger partial charge in [-0.3, -0.25) is 4.79 Å². The van der Waals surface area contributed by atoms with Gasteiger partial charge >= 0.3 is 6.36 Å². The minimum atomic E-state index is -4.86. The molecule has 2 aromatic carbocycles. The molecule has 0 bridgehead atoms. The molecular formula is C20H23F3N2O5S. The van der Waals surface area contributed by atoms with E-state index in [1.807, 2.05) is 31.2 Å². The van der Waals surface area contributed by atoms with Gasteiger partial charge in [-0.15, -0.1) is 13.2 Å². The maximum absolute atomic E-state index is 12.1. The standard InChI is InChI=1S/C20H23F3N2O5S/c1-15-4-2-5-17(14-15)29-13-3-11-24-19(26)10-12-25-31(27,28)18-8-6-16(7-9-18)30-20(21,22)23/h2,4-9,14,25H,3,10-13H2,1H3,(H,24,26). The van der Waals surface area contributed by atoms with Gasteiger partial charge in [0.05, 0.1) is 11.5 Å². The van der Waals surface area contributed by atoms with Gasteiger partial charge in [-0.25, -0.2) is 13.1 Å². The van der Waals surface area contributed by atoms with Crippen molar-refractivity contribution < 1.29 is 35.9 Å².